The lowest BCUT2D eigenvalue weighted by Crippen LogP contribution is -2.27. The molecular weight excluding hydrogens is 370 g/mol. The smallest absolute Gasteiger partial charge is 0.338 e. The van der Waals surface area contributed by atoms with Gasteiger partial charge < -0.3 is 14.8 Å². The van der Waals surface area contributed by atoms with Gasteiger partial charge in [0.15, 0.2) is 23.3 Å². The largest absolute Gasteiger partial charge is 0.460 e. The molecule has 0 aliphatic heterocycles. The second-order valence-electron chi connectivity index (χ2n) is 5.26. The summed E-state index contributed by atoms with van der Waals surface area (Å²) in [5, 5.41) is 2.44. The summed E-state index contributed by atoms with van der Waals surface area (Å²) in [6, 6.07) is 5.41. The van der Waals surface area contributed by atoms with E-state index in [0.717, 1.165) is 36.4 Å². The molecule has 0 spiro atoms. The van der Waals surface area contributed by atoms with Crippen molar-refractivity contribution in [3.63, 3.8) is 0 Å². The highest BCUT2D eigenvalue weighted by molar-refractivity contribution is 5.94. The Balaban J connectivity index is 1.61. The number of amides is 1. The van der Waals surface area contributed by atoms with E-state index >= 15 is 0 Å². The molecule has 1 amide bonds. The fraction of sp³-hybridized carbons (Fsp3) is 0.222. The molecule has 5 nitrogen and oxygen atoms in total. The predicted octanol–water partition coefficient (Wildman–Crippen LogP) is 2.85. The van der Waals surface area contributed by atoms with Crippen LogP contribution in [0.15, 0.2) is 36.4 Å². The van der Waals surface area contributed by atoms with Crippen LogP contribution in [0.5, 0.6) is 0 Å². The Morgan fingerprint density at radius 3 is 2.00 bits per heavy atom. The molecule has 2 aromatic rings. The molecule has 0 aromatic heterocycles. The van der Waals surface area contributed by atoms with Crippen LogP contribution in [0.3, 0.4) is 0 Å². The summed E-state index contributed by atoms with van der Waals surface area (Å²) < 4.78 is 61.6. The number of ether oxygens (including phenoxy) is 2. The molecule has 1 N–H and O–H groups in total. The number of benzene rings is 2. The summed E-state index contributed by atoms with van der Waals surface area (Å²) in [6.45, 7) is 0.0541. The van der Waals surface area contributed by atoms with Gasteiger partial charge in [-0.25, -0.2) is 22.4 Å². The third-order valence-electron chi connectivity index (χ3n) is 3.33. The molecule has 0 unspecified atom stereocenters. The Bertz CT molecular complexity index is 762. The molecule has 0 heterocycles. The Labute approximate surface area is 151 Å². The number of rotatable bonds is 8. The highest BCUT2D eigenvalue weighted by Crippen LogP contribution is 2.10. The molecule has 0 aliphatic carbocycles. The van der Waals surface area contributed by atoms with Gasteiger partial charge in [0.1, 0.15) is 6.61 Å². The average molecular weight is 385 g/mol. The maximum Gasteiger partial charge on any atom is 0.338 e. The molecule has 0 radical (unpaired) electrons. The molecule has 0 bridgehead atoms. The predicted molar refractivity (Wildman–Crippen MR) is 86.2 cm³/mol. The third kappa shape index (κ3) is 6.07. The lowest BCUT2D eigenvalue weighted by atomic mass is 10.2. The van der Waals surface area contributed by atoms with E-state index in [1.807, 2.05) is 0 Å². The number of esters is 1. The zero-order valence-electron chi connectivity index (χ0n) is 13.9. The molecule has 0 aliphatic rings. The number of hydrogen-bond acceptors (Lipinski definition) is 4. The van der Waals surface area contributed by atoms with Gasteiger partial charge in [-0.1, -0.05) is 0 Å². The topological polar surface area (TPSA) is 64.6 Å². The second-order valence-corrected chi connectivity index (χ2v) is 5.26. The lowest BCUT2D eigenvalue weighted by molar-refractivity contribution is 0.0321. The first-order valence-corrected chi connectivity index (χ1v) is 7.81. The molecule has 2 rings (SSSR count). The van der Waals surface area contributed by atoms with E-state index in [4.69, 9.17) is 9.47 Å². The van der Waals surface area contributed by atoms with E-state index in [9.17, 15) is 27.2 Å². The zero-order valence-corrected chi connectivity index (χ0v) is 13.9. The molecule has 0 fully saturated rings. The maximum absolute atomic E-state index is 13.0. The van der Waals surface area contributed by atoms with Crippen molar-refractivity contribution in [3.8, 4) is 0 Å². The zero-order chi connectivity index (χ0) is 19.8. The second kappa shape index (κ2) is 9.67. The van der Waals surface area contributed by atoms with Crippen LogP contribution in [0.1, 0.15) is 20.7 Å². The van der Waals surface area contributed by atoms with Gasteiger partial charge in [0.25, 0.3) is 5.91 Å². The molecule has 27 heavy (non-hydrogen) atoms. The minimum Gasteiger partial charge on any atom is -0.460 e. The van der Waals surface area contributed by atoms with Crippen molar-refractivity contribution < 1.29 is 36.6 Å². The summed E-state index contributed by atoms with van der Waals surface area (Å²) in [5.41, 5.74) is -0.165. The Kier molecular flexibility index (Phi) is 7.30. The SMILES string of the molecule is O=C(NCCOCCOC(=O)c1ccc(F)c(F)c1)c1ccc(F)c(F)c1. The van der Waals surface area contributed by atoms with Gasteiger partial charge >= 0.3 is 5.97 Å². The Morgan fingerprint density at radius 1 is 0.778 bits per heavy atom. The van der Waals surface area contributed by atoms with E-state index < -0.39 is 35.1 Å². The van der Waals surface area contributed by atoms with Crippen molar-refractivity contribution in [3.05, 3.63) is 70.8 Å². The van der Waals surface area contributed by atoms with Crippen LogP contribution in [0.4, 0.5) is 17.6 Å². The van der Waals surface area contributed by atoms with Gasteiger partial charge in [0.2, 0.25) is 0 Å². The van der Waals surface area contributed by atoms with Gasteiger partial charge in [-0.15, -0.1) is 0 Å². The molecule has 0 saturated carbocycles. The highest BCUT2D eigenvalue weighted by atomic mass is 19.2. The van der Waals surface area contributed by atoms with Gasteiger partial charge in [0.05, 0.1) is 18.8 Å². The number of hydrogen-bond donors (Lipinski definition) is 1. The Morgan fingerprint density at radius 2 is 1.37 bits per heavy atom. The summed E-state index contributed by atoms with van der Waals surface area (Å²) in [5.74, 6) is -5.82. The number of halogens is 4. The first kappa shape index (κ1) is 20.4. The number of carbonyl (C=O) groups is 2. The average Bonchev–Trinajstić information content (AvgIpc) is 2.65. The van der Waals surface area contributed by atoms with Gasteiger partial charge in [0, 0.05) is 12.1 Å². The number of nitrogens with one attached hydrogen (secondary N) is 1. The summed E-state index contributed by atoms with van der Waals surface area (Å²) in [7, 11) is 0. The van der Waals surface area contributed by atoms with Crippen molar-refractivity contribution in [2.24, 2.45) is 0 Å². The van der Waals surface area contributed by atoms with E-state index in [1.165, 1.54) is 0 Å². The van der Waals surface area contributed by atoms with Crippen molar-refractivity contribution in [1.29, 1.82) is 0 Å². The quantitative estimate of drug-likeness (QED) is 0.431. The molecule has 2 aromatic carbocycles. The van der Waals surface area contributed by atoms with Crippen molar-refractivity contribution in [2.75, 3.05) is 26.4 Å². The van der Waals surface area contributed by atoms with Crippen LogP contribution < -0.4 is 5.32 Å². The molecular formula is C18H15F4NO4. The summed E-state index contributed by atoms with van der Waals surface area (Å²) >= 11 is 0. The molecule has 0 atom stereocenters. The van der Waals surface area contributed by atoms with Crippen LogP contribution in [0, 0.1) is 23.3 Å². The van der Waals surface area contributed by atoms with Gasteiger partial charge in [-0.2, -0.15) is 0 Å². The van der Waals surface area contributed by atoms with Gasteiger partial charge in [-0.3, -0.25) is 4.79 Å². The van der Waals surface area contributed by atoms with Crippen LogP contribution in [-0.2, 0) is 9.47 Å². The van der Waals surface area contributed by atoms with Crippen molar-refractivity contribution in [1.82, 2.24) is 5.32 Å². The Hall–Kier alpha value is -2.94. The van der Waals surface area contributed by atoms with Gasteiger partial charge in [-0.05, 0) is 36.4 Å². The van der Waals surface area contributed by atoms with Crippen LogP contribution in [0.2, 0.25) is 0 Å². The fourth-order valence-corrected chi connectivity index (χ4v) is 1.98. The summed E-state index contributed by atoms with van der Waals surface area (Å²) in [6.07, 6.45) is 0. The monoisotopic (exact) mass is 385 g/mol. The molecule has 0 saturated heterocycles. The first-order chi connectivity index (χ1) is 12.9. The van der Waals surface area contributed by atoms with Crippen LogP contribution in [0.25, 0.3) is 0 Å². The number of carbonyl (C=O) groups excluding carboxylic acids is 2. The summed E-state index contributed by atoms with van der Waals surface area (Å²) in [4.78, 5) is 23.3. The van der Waals surface area contributed by atoms with Crippen molar-refractivity contribution in [2.45, 2.75) is 0 Å². The fourth-order valence-electron chi connectivity index (χ4n) is 1.98. The maximum atomic E-state index is 13.0. The first-order valence-electron chi connectivity index (χ1n) is 7.81. The minimum absolute atomic E-state index is 0.0104. The lowest BCUT2D eigenvalue weighted by Gasteiger charge is -2.08. The standard InChI is InChI=1S/C18H15F4NO4/c19-13-3-1-11(9-15(13)21)17(24)23-5-6-26-7-8-27-18(25)12-2-4-14(20)16(22)10-12/h1-4,9-10H,5-8H2,(H,23,24). The van der Waals surface area contributed by atoms with Crippen molar-refractivity contribution >= 4 is 11.9 Å². The normalized spacial score (nSPS) is 10.5. The minimum atomic E-state index is -1.16. The highest BCUT2D eigenvalue weighted by Gasteiger charge is 2.11. The van der Waals surface area contributed by atoms with Crippen LogP contribution >= 0.6 is 0 Å². The van der Waals surface area contributed by atoms with E-state index in [1.54, 1.807) is 0 Å². The van der Waals surface area contributed by atoms with E-state index in [0.29, 0.717) is 0 Å². The molecule has 9 heteroatoms. The van der Waals surface area contributed by atoms with Crippen LogP contribution in [-0.4, -0.2) is 38.2 Å². The molecule has 144 valence electrons. The van der Waals surface area contributed by atoms with E-state index in [-0.39, 0.29) is 37.5 Å². The third-order valence-corrected chi connectivity index (χ3v) is 3.33. The van der Waals surface area contributed by atoms with E-state index in [2.05, 4.69) is 5.32 Å².